The van der Waals surface area contributed by atoms with Crippen molar-refractivity contribution in [2.75, 3.05) is 20.2 Å². The van der Waals surface area contributed by atoms with Gasteiger partial charge in [-0.15, -0.1) is 0 Å². The van der Waals surface area contributed by atoms with E-state index in [1.807, 2.05) is 57.3 Å². The summed E-state index contributed by atoms with van der Waals surface area (Å²) >= 11 is 0. The molecule has 4 heteroatoms. The first-order valence-electron chi connectivity index (χ1n) is 6.47. The number of aliphatic hydroxyl groups is 1. The number of aliphatic hydroxyl groups excluding tert-OH is 1. The summed E-state index contributed by atoms with van der Waals surface area (Å²) in [6, 6.07) is 9.53. The molecule has 0 saturated carbocycles. The molecule has 1 unspecified atom stereocenters. The van der Waals surface area contributed by atoms with Gasteiger partial charge in [0.05, 0.1) is 12.8 Å². The number of nitrogens with zero attached hydrogens (tertiary/aromatic N) is 2. The molecule has 0 bridgehead atoms. The first-order chi connectivity index (χ1) is 8.99. The SMILES string of the molecule is CC1=CC(C)=N[N+]1(C)C[C@H](O)COc1ccccc1. The van der Waals surface area contributed by atoms with Crippen LogP contribution in [0.3, 0.4) is 0 Å². The molecule has 0 radical (unpaired) electrons. The van der Waals surface area contributed by atoms with Crippen molar-refractivity contribution in [3.63, 3.8) is 0 Å². The quantitative estimate of drug-likeness (QED) is 0.825. The molecule has 0 saturated heterocycles. The first kappa shape index (κ1) is 13.8. The summed E-state index contributed by atoms with van der Waals surface area (Å²) in [5.74, 6) is 0.776. The number of rotatable bonds is 5. The van der Waals surface area contributed by atoms with E-state index in [2.05, 4.69) is 5.10 Å². The number of allylic oxidation sites excluding steroid dienone is 2. The van der Waals surface area contributed by atoms with E-state index in [1.54, 1.807) is 0 Å². The Labute approximate surface area is 114 Å². The van der Waals surface area contributed by atoms with Crippen LogP contribution in [0.15, 0.2) is 47.2 Å². The van der Waals surface area contributed by atoms with Crippen LogP contribution in [0.5, 0.6) is 5.75 Å². The summed E-state index contributed by atoms with van der Waals surface area (Å²) in [5, 5.41) is 14.6. The molecule has 0 aromatic heterocycles. The zero-order valence-electron chi connectivity index (χ0n) is 11.7. The molecule has 0 fully saturated rings. The molecule has 102 valence electrons. The standard InChI is InChI=1S/C15H21N2O2/c1-12-9-13(2)17(3,16-12)10-14(18)11-19-15-7-5-4-6-8-15/h4-9,14,18H,10-11H2,1-3H3/q+1/t14-,17?/m0/s1. The maximum Gasteiger partial charge on any atom is 0.139 e. The van der Waals surface area contributed by atoms with Gasteiger partial charge in [-0.05, 0) is 19.1 Å². The van der Waals surface area contributed by atoms with Gasteiger partial charge in [0, 0.05) is 13.0 Å². The van der Waals surface area contributed by atoms with E-state index in [1.165, 1.54) is 0 Å². The summed E-state index contributed by atoms with van der Waals surface area (Å²) in [5.41, 5.74) is 2.13. The average molecular weight is 261 g/mol. The number of hydrogen-bond donors (Lipinski definition) is 1. The highest BCUT2D eigenvalue weighted by molar-refractivity contribution is 5.93. The van der Waals surface area contributed by atoms with Crippen molar-refractivity contribution in [1.29, 1.82) is 0 Å². The molecule has 1 heterocycles. The van der Waals surface area contributed by atoms with Crippen molar-refractivity contribution >= 4 is 5.71 Å². The Morgan fingerprint density at radius 1 is 1.26 bits per heavy atom. The highest BCUT2D eigenvalue weighted by Gasteiger charge is 2.32. The molecule has 19 heavy (non-hydrogen) atoms. The highest BCUT2D eigenvalue weighted by atomic mass is 16.5. The topological polar surface area (TPSA) is 41.8 Å². The summed E-state index contributed by atoms with van der Waals surface area (Å²) in [4.78, 5) is 0. The molecule has 1 aliphatic heterocycles. The van der Waals surface area contributed by atoms with E-state index in [9.17, 15) is 5.11 Å². The molecule has 1 aromatic carbocycles. The second-order valence-corrected chi connectivity index (χ2v) is 5.13. The van der Waals surface area contributed by atoms with Gasteiger partial charge in [-0.25, -0.2) is 0 Å². The average Bonchev–Trinajstić information content (AvgIpc) is 2.61. The molecule has 0 spiro atoms. The fraction of sp³-hybridized carbons (Fsp3) is 0.400. The van der Waals surface area contributed by atoms with Crippen molar-refractivity contribution in [1.82, 2.24) is 0 Å². The van der Waals surface area contributed by atoms with E-state index in [4.69, 9.17) is 4.74 Å². The minimum Gasteiger partial charge on any atom is -0.491 e. The van der Waals surface area contributed by atoms with E-state index >= 15 is 0 Å². The molecule has 2 atom stereocenters. The second-order valence-electron chi connectivity index (χ2n) is 5.13. The minimum atomic E-state index is -0.553. The van der Waals surface area contributed by atoms with Gasteiger partial charge in [-0.3, -0.25) is 0 Å². The number of para-hydroxylation sites is 1. The van der Waals surface area contributed by atoms with Crippen LogP contribution in [-0.4, -0.2) is 41.7 Å². The Morgan fingerprint density at radius 3 is 2.53 bits per heavy atom. The molecule has 4 nitrogen and oxygen atoms in total. The van der Waals surface area contributed by atoms with Crippen molar-refractivity contribution < 1.29 is 14.4 Å². The molecule has 1 N–H and O–H groups in total. The Kier molecular flexibility index (Phi) is 4.02. The lowest BCUT2D eigenvalue weighted by atomic mass is 10.3. The van der Waals surface area contributed by atoms with E-state index in [0.29, 0.717) is 11.1 Å². The third-order valence-corrected chi connectivity index (χ3v) is 3.31. The number of quaternary nitrogens is 1. The van der Waals surface area contributed by atoms with Crippen LogP contribution in [0.4, 0.5) is 0 Å². The van der Waals surface area contributed by atoms with Gasteiger partial charge in [0.2, 0.25) is 0 Å². The van der Waals surface area contributed by atoms with Crippen LogP contribution in [0.2, 0.25) is 0 Å². The van der Waals surface area contributed by atoms with Gasteiger partial charge in [0.1, 0.15) is 30.7 Å². The second kappa shape index (κ2) is 5.55. The Hall–Kier alpha value is -1.65. The molecule has 2 rings (SSSR count). The number of benzene rings is 1. The first-order valence-corrected chi connectivity index (χ1v) is 6.47. The highest BCUT2D eigenvalue weighted by Crippen LogP contribution is 2.22. The zero-order chi connectivity index (χ0) is 13.9. The van der Waals surface area contributed by atoms with Gasteiger partial charge in [0.25, 0.3) is 0 Å². The maximum atomic E-state index is 10.1. The predicted molar refractivity (Wildman–Crippen MR) is 75.9 cm³/mol. The van der Waals surface area contributed by atoms with Gasteiger partial charge < -0.3 is 9.84 Å². The Balaban J connectivity index is 1.89. The molecule has 0 amide bonds. The van der Waals surface area contributed by atoms with Crippen LogP contribution in [-0.2, 0) is 0 Å². The van der Waals surface area contributed by atoms with Crippen molar-refractivity contribution in [3.8, 4) is 5.75 Å². The van der Waals surface area contributed by atoms with Crippen LogP contribution in [0.25, 0.3) is 0 Å². The minimum absolute atomic E-state index is 0.277. The fourth-order valence-corrected chi connectivity index (χ4v) is 2.25. The monoisotopic (exact) mass is 261 g/mol. The molecule has 1 aliphatic rings. The number of ether oxygens (including phenoxy) is 1. The molecule has 1 aromatic rings. The van der Waals surface area contributed by atoms with Crippen LogP contribution >= 0.6 is 0 Å². The zero-order valence-corrected chi connectivity index (χ0v) is 11.7. The van der Waals surface area contributed by atoms with Crippen molar-refractivity contribution in [2.24, 2.45) is 5.10 Å². The van der Waals surface area contributed by atoms with Crippen molar-refractivity contribution in [2.45, 2.75) is 20.0 Å². The van der Waals surface area contributed by atoms with Crippen LogP contribution in [0.1, 0.15) is 13.8 Å². The summed E-state index contributed by atoms with van der Waals surface area (Å²) < 4.78 is 5.97. The molecular formula is C15H21N2O2+. The van der Waals surface area contributed by atoms with E-state index < -0.39 is 6.10 Å². The van der Waals surface area contributed by atoms with Crippen LogP contribution in [0, 0.1) is 0 Å². The number of hydrogen-bond acceptors (Lipinski definition) is 3. The lowest BCUT2D eigenvalue weighted by Crippen LogP contribution is -2.43. The number of likely N-dealkylation sites (N-methyl/N-ethyl adjacent to an activating group) is 1. The van der Waals surface area contributed by atoms with Crippen molar-refractivity contribution in [3.05, 3.63) is 42.1 Å². The largest absolute Gasteiger partial charge is 0.491 e. The summed E-state index contributed by atoms with van der Waals surface area (Å²) in [6.45, 7) is 4.80. The summed E-state index contributed by atoms with van der Waals surface area (Å²) in [6.07, 6.45) is 1.49. The smallest absolute Gasteiger partial charge is 0.139 e. The lowest BCUT2D eigenvalue weighted by molar-refractivity contribution is -0.880. The third-order valence-electron chi connectivity index (χ3n) is 3.31. The lowest BCUT2D eigenvalue weighted by Gasteiger charge is -2.27. The van der Waals surface area contributed by atoms with Gasteiger partial charge in [0.15, 0.2) is 0 Å². The van der Waals surface area contributed by atoms with Gasteiger partial charge in [-0.2, -0.15) is 4.59 Å². The van der Waals surface area contributed by atoms with Crippen LogP contribution < -0.4 is 4.74 Å². The van der Waals surface area contributed by atoms with E-state index in [0.717, 1.165) is 17.2 Å². The van der Waals surface area contributed by atoms with Gasteiger partial charge in [-0.1, -0.05) is 23.3 Å². The molecule has 0 aliphatic carbocycles. The Morgan fingerprint density at radius 2 is 1.95 bits per heavy atom. The maximum absolute atomic E-state index is 10.1. The third kappa shape index (κ3) is 3.43. The summed E-state index contributed by atoms with van der Waals surface area (Å²) in [7, 11) is 1.99. The molecular weight excluding hydrogens is 240 g/mol. The predicted octanol–water partition coefficient (Wildman–Crippen LogP) is 2.17. The van der Waals surface area contributed by atoms with E-state index in [-0.39, 0.29) is 6.61 Å². The van der Waals surface area contributed by atoms with Gasteiger partial charge >= 0.3 is 0 Å². The fourth-order valence-electron chi connectivity index (χ4n) is 2.25. The Bertz CT molecular complexity index is 496. The normalized spacial score (nSPS) is 23.8.